The molecule has 0 radical (unpaired) electrons. The number of benzene rings is 1. The molecular weight excluding hydrogens is 226 g/mol. The number of amides is 1. The van der Waals surface area contributed by atoms with E-state index in [1.807, 2.05) is 19.1 Å². The highest BCUT2D eigenvalue weighted by atomic mass is 35.5. The van der Waals surface area contributed by atoms with Crippen LogP contribution >= 0.6 is 11.6 Å². The molecule has 0 aliphatic carbocycles. The van der Waals surface area contributed by atoms with E-state index in [4.69, 9.17) is 16.3 Å². The van der Waals surface area contributed by atoms with Gasteiger partial charge in [-0.15, -0.1) is 0 Å². The molecule has 1 amide bonds. The van der Waals surface area contributed by atoms with Gasteiger partial charge in [0.15, 0.2) is 0 Å². The summed E-state index contributed by atoms with van der Waals surface area (Å²) in [5, 5.41) is 0.599. The third-order valence-electron chi connectivity index (χ3n) is 2.78. The number of hydrogen-bond acceptors (Lipinski definition) is 2. The number of nitrogens with zero attached hydrogens (tertiary/aromatic N) is 1. The van der Waals surface area contributed by atoms with Crippen LogP contribution in [0.3, 0.4) is 0 Å². The van der Waals surface area contributed by atoms with Gasteiger partial charge in [-0.3, -0.25) is 4.79 Å². The van der Waals surface area contributed by atoms with Crippen molar-refractivity contribution in [2.24, 2.45) is 0 Å². The van der Waals surface area contributed by atoms with E-state index in [0.717, 1.165) is 5.56 Å². The number of likely N-dealkylation sites (N-methyl/N-ethyl adjacent to an activating group) is 1. The van der Waals surface area contributed by atoms with Gasteiger partial charge in [0.2, 0.25) is 0 Å². The summed E-state index contributed by atoms with van der Waals surface area (Å²) >= 11 is 5.93. The van der Waals surface area contributed by atoms with E-state index < -0.39 is 0 Å². The summed E-state index contributed by atoms with van der Waals surface area (Å²) in [6, 6.07) is 5.59. The van der Waals surface area contributed by atoms with Gasteiger partial charge in [0, 0.05) is 17.6 Å². The van der Waals surface area contributed by atoms with Crippen LogP contribution in [0.4, 0.5) is 0 Å². The molecule has 3 nitrogen and oxygen atoms in total. The van der Waals surface area contributed by atoms with Crippen LogP contribution in [0.2, 0.25) is 5.02 Å². The molecule has 1 aromatic rings. The number of rotatable bonds is 2. The maximum Gasteiger partial charge on any atom is 0.254 e. The molecule has 1 aliphatic rings. The molecule has 0 spiro atoms. The number of ether oxygens (including phenoxy) is 1. The first kappa shape index (κ1) is 11.4. The second-order valence-electron chi connectivity index (χ2n) is 4.12. The highest BCUT2D eigenvalue weighted by Gasteiger charge is 2.27. The molecule has 4 heteroatoms. The highest BCUT2D eigenvalue weighted by Crippen LogP contribution is 2.18. The van der Waals surface area contributed by atoms with Crippen LogP contribution < -0.4 is 0 Å². The quantitative estimate of drug-likeness (QED) is 0.791. The SMILES string of the molecule is Cc1cc(Cl)cc(C(=O)N(C)C2COC2)c1. The van der Waals surface area contributed by atoms with Crippen molar-refractivity contribution in [2.75, 3.05) is 20.3 Å². The van der Waals surface area contributed by atoms with E-state index in [-0.39, 0.29) is 11.9 Å². The summed E-state index contributed by atoms with van der Waals surface area (Å²) in [5.74, 6) is -0.00102. The van der Waals surface area contributed by atoms with Gasteiger partial charge in [-0.25, -0.2) is 0 Å². The molecule has 0 bridgehead atoms. The predicted octanol–water partition coefficient (Wildman–Crippen LogP) is 2.12. The first-order valence-electron chi connectivity index (χ1n) is 5.20. The van der Waals surface area contributed by atoms with Gasteiger partial charge >= 0.3 is 0 Å². The number of halogens is 1. The lowest BCUT2D eigenvalue weighted by atomic mass is 10.1. The molecule has 2 rings (SSSR count). The molecule has 0 saturated carbocycles. The van der Waals surface area contributed by atoms with Gasteiger partial charge in [-0.2, -0.15) is 0 Å². The standard InChI is InChI=1S/C12H14ClNO2/c1-8-3-9(5-10(13)4-8)12(15)14(2)11-6-16-7-11/h3-5,11H,6-7H2,1-2H3. The molecular formula is C12H14ClNO2. The fourth-order valence-corrected chi connectivity index (χ4v) is 1.97. The van der Waals surface area contributed by atoms with Gasteiger partial charge in [0.05, 0.1) is 19.3 Å². The van der Waals surface area contributed by atoms with Crippen LogP contribution in [0.1, 0.15) is 15.9 Å². The molecule has 1 aromatic carbocycles. The van der Waals surface area contributed by atoms with Crippen molar-refractivity contribution >= 4 is 17.5 Å². The second-order valence-corrected chi connectivity index (χ2v) is 4.56. The molecule has 1 aliphatic heterocycles. The molecule has 16 heavy (non-hydrogen) atoms. The van der Waals surface area contributed by atoms with Crippen molar-refractivity contribution in [3.63, 3.8) is 0 Å². The molecule has 0 aromatic heterocycles. The van der Waals surface area contributed by atoms with Crippen molar-refractivity contribution < 1.29 is 9.53 Å². The Morgan fingerprint density at radius 1 is 1.44 bits per heavy atom. The molecule has 0 unspecified atom stereocenters. The lowest BCUT2D eigenvalue weighted by Crippen LogP contribution is -2.49. The van der Waals surface area contributed by atoms with Gasteiger partial charge in [0.25, 0.3) is 5.91 Å². The van der Waals surface area contributed by atoms with E-state index in [2.05, 4.69) is 0 Å². The zero-order chi connectivity index (χ0) is 11.7. The number of hydrogen-bond donors (Lipinski definition) is 0. The first-order valence-corrected chi connectivity index (χ1v) is 5.58. The van der Waals surface area contributed by atoms with Gasteiger partial charge < -0.3 is 9.64 Å². The normalized spacial score (nSPS) is 15.7. The Hall–Kier alpha value is -1.06. The van der Waals surface area contributed by atoms with Crippen LogP contribution in [0.5, 0.6) is 0 Å². The summed E-state index contributed by atoms with van der Waals surface area (Å²) in [4.78, 5) is 13.8. The fourth-order valence-electron chi connectivity index (χ4n) is 1.68. The van der Waals surface area contributed by atoms with Crippen LogP contribution in [0.25, 0.3) is 0 Å². The zero-order valence-corrected chi connectivity index (χ0v) is 10.1. The predicted molar refractivity (Wildman–Crippen MR) is 62.9 cm³/mol. The average Bonchev–Trinajstić information content (AvgIpc) is 2.12. The lowest BCUT2D eigenvalue weighted by Gasteiger charge is -2.34. The van der Waals surface area contributed by atoms with Crippen LogP contribution in [-0.4, -0.2) is 37.1 Å². The zero-order valence-electron chi connectivity index (χ0n) is 9.37. The summed E-state index contributed by atoms with van der Waals surface area (Å²) in [6.07, 6.45) is 0. The van der Waals surface area contributed by atoms with Crippen molar-refractivity contribution in [3.05, 3.63) is 34.3 Å². The van der Waals surface area contributed by atoms with Crippen molar-refractivity contribution in [2.45, 2.75) is 13.0 Å². The second kappa shape index (κ2) is 4.44. The third kappa shape index (κ3) is 2.20. The topological polar surface area (TPSA) is 29.5 Å². The van der Waals surface area contributed by atoms with Gasteiger partial charge in [0.1, 0.15) is 0 Å². The fraction of sp³-hybridized carbons (Fsp3) is 0.417. The Bertz CT molecular complexity index is 395. The summed E-state index contributed by atoms with van der Waals surface area (Å²) in [6.45, 7) is 3.18. The number of carbonyl (C=O) groups is 1. The van der Waals surface area contributed by atoms with E-state index in [9.17, 15) is 4.79 Å². The Kier molecular flexibility index (Phi) is 3.17. The van der Waals surface area contributed by atoms with Crippen LogP contribution in [-0.2, 0) is 4.74 Å². The average molecular weight is 240 g/mol. The monoisotopic (exact) mass is 239 g/mol. The van der Waals surface area contributed by atoms with Crippen molar-refractivity contribution in [1.82, 2.24) is 4.90 Å². The van der Waals surface area contributed by atoms with Crippen molar-refractivity contribution in [1.29, 1.82) is 0 Å². The minimum Gasteiger partial charge on any atom is -0.377 e. The van der Waals surface area contributed by atoms with E-state index in [1.54, 1.807) is 18.0 Å². The smallest absolute Gasteiger partial charge is 0.254 e. The van der Waals surface area contributed by atoms with Crippen LogP contribution in [0, 0.1) is 6.92 Å². The van der Waals surface area contributed by atoms with Gasteiger partial charge in [-0.05, 0) is 30.7 Å². The Morgan fingerprint density at radius 3 is 2.62 bits per heavy atom. The minimum absolute atomic E-state index is 0.00102. The Morgan fingerprint density at radius 2 is 2.12 bits per heavy atom. The summed E-state index contributed by atoms with van der Waals surface area (Å²) in [5.41, 5.74) is 1.63. The molecule has 0 atom stereocenters. The van der Waals surface area contributed by atoms with E-state index in [1.165, 1.54) is 0 Å². The van der Waals surface area contributed by atoms with Gasteiger partial charge in [-0.1, -0.05) is 11.6 Å². The first-order chi connectivity index (χ1) is 7.58. The number of aryl methyl sites for hydroxylation is 1. The minimum atomic E-state index is -0.00102. The Balaban J connectivity index is 2.19. The number of carbonyl (C=O) groups excluding carboxylic acids is 1. The summed E-state index contributed by atoms with van der Waals surface area (Å²) < 4.78 is 5.07. The summed E-state index contributed by atoms with van der Waals surface area (Å²) in [7, 11) is 1.80. The Labute approximate surface area is 100.0 Å². The van der Waals surface area contributed by atoms with Crippen molar-refractivity contribution in [3.8, 4) is 0 Å². The largest absolute Gasteiger partial charge is 0.377 e. The maximum atomic E-state index is 12.1. The van der Waals surface area contributed by atoms with E-state index in [0.29, 0.717) is 23.8 Å². The molecule has 1 fully saturated rings. The molecule has 1 saturated heterocycles. The lowest BCUT2D eigenvalue weighted by molar-refractivity contribution is -0.0467. The molecule has 0 N–H and O–H groups in total. The maximum absolute atomic E-state index is 12.1. The highest BCUT2D eigenvalue weighted by molar-refractivity contribution is 6.31. The van der Waals surface area contributed by atoms with E-state index >= 15 is 0 Å². The molecule has 1 heterocycles. The third-order valence-corrected chi connectivity index (χ3v) is 3.00. The molecule has 86 valence electrons. The van der Waals surface area contributed by atoms with Crippen LogP contribution in [0.15, 0.2) is 18.2 Å².